The van der Waals surface area contributed by atoms with E-state index in [0.717, 1.165) is 22.2 Å². The number of carbonyl (C=O) groups excluding carboxylic acids is 1. The Bertz CT molecular complexity index is 825. The van der Waals surface area contributed by atoms with Gasteiger partial charge in [-0.3, -0.25) is 9.10 Å². The van der Waals surface area contributed by atoms with Gasteiger partial charge in [0.05, 0.1) is 11.9 Å². The first kappa shape index (κ1) is 18.9. The van der Waals surface area contributed by atoms with Gasteiger partial charge < -0.3 is 5.32 Å². The van der Waals surface area contributed by atoms with E-state index in [9.17, 15) is 17.6 Å². The molecule has 1 N–H and O–H groups in total. The van der Waals surface area contributed by atoms with Gasteiger partial charge in [-0.1, -0.05) is 43.3 Å². The Labute approximate surface area is 147 Å². The number of carbonyl (C=O) groups is 1. The van der Waals surface area contributed by atoms with Gasteiger partial charge in [0.2, 0.25) is 15.9 Å². The van der Waals surface area contributed by atoms with Crippen molar-refractivity contribution in [3.8, 4) is 0 Å². The van der Waals surface area contributed by atoms with Crippen LogP contribution < -0.4 is 9.62 Å². The summed E-state index contributed by atoms with van der Waals surface area (Å²) in [5, 5.41) is 2.73. The summed E-state index contributed by atoms with van der Waals surface area (Å²) in [7, 11) is -3.71. The van der Waals surface area contributed by atoms with Crippen molar-refractivity contribution in [3.63, 3.8) is 0 Å². The van der Waals surface area contributed by atoms with Crippen LogP contribution in [-0.2, 0) is 14.8 Å². The second-order valence-corrected chi connectivity index (χ2v) is 7.77. The first-order valence-electron chi connectivity index (χ1n) is 7.82. The number of nitrogens with one attached hydrogen (secondary N) is 1. The van der Waals surface area contributed by atoms with Gasteiger partial charge in [0.25, 0.3) is 0 Å². The third-order valence-corrected chi connectivity index (χ3v) is 4.90. The van der Waals surface area contributed by atoms with Crippen LogP contribution in [0.1, 0.15) is 18.4 Å². The average Bonchev–Trinajstić information content (AvgIpc) is 2.57. The molecule has 134 valence electrons. The summed E-state index contributed by atoms with van der Waals surface area (Å²) < 4.78 is 38.2. The normalized spacial score (nSPS) is 12.4. The summed E-state index contributed by atoms with van der Waals surface area (Å²) in [6.45, 7) is 1.95. The van der Waals surface area contributed by atoms with Crippen molar-refractivity contribution >= 4 is 21.6 Å². The minimum absolute atomic E-state index is 0.0889. The number of nitrogens with zero attached hydrogens (tertiary/aromatic N) is 1. The summed E-state index contributed by atoms with van der Waals surface area (Å²) in [4.78, 5) is 12.2. The number of amides is 1. The molecule has 0 aliphatic heterocycles. The highest BCUT2D eigenvalue weighted by atomic mass is 32.2. The zero-order valence-corrected chi connectivity index (χ0v) is 15.0. The Morgan fingerprint density at radius 2 is 1.84 bits per heavy atom. The van der Waals surface area contributed by atoms with Crippen LogP contribution in [0.15, 0.2) is 54.6 Å². The second-order valence-electron chi connectivity index (χ2n) is 5.87. The van der Waals surface area contributed by atoms with Crippen LogP contribution in [0.3, 0.4) is 0 Å². The van der Waals surface area contributed by atoms with Crippen molar-refractivity contribution in [1.29, 1.82) is 0 Å². The highest BCUT2D eigenvalue weighted by molar-refractivity contribution is 7.92. The van der Waals surface area contributed by atoms with Crippen LogP contribution >= 0.6 is 0 Å². The van der Waals surface area contributed by atoms with E-state index in [4.69, 9.17) is 0 Å². The molecule has 0 heterocycles. The third-order valence-electron chi connectivity index (χ3n) is 3.76. The number of hydrogen-bond acceptors (Lipinski definition) is 3. The van der Waals surface area contributed by atoms with Crippen LogP contribution in [0.25, 0.3) is 0 Å². The Morgan fingerprint density at radius 1 is 1.16 bits per heavy atom. The average molecular weight is 364 g/mol. The molecule has 7 heteroatoms. The lowest BCUT2D eigenvalue weighted by Gasteiger charge is -2.22. The van der Waals surface area contributed by atoms with Gasteiger partial charge in [-0.15, -0.1) is 0 Å². The SMILES string of the molecule is C[C@@H](CNC(=O)CN(c1cccc(F)c1)S(C)(=O)=O)c1ccccc1. The summed E-state index contributed by atoms with van der Waals surface area (Å²) in [6, 6.07) is 14.8. The summed E-state index contributed by atoms with van der Waals surface area (Å²) in [6.07, 6.45) is 0.984. The zero-order valence-electron chi connectivity index (χ0n) is 14.1. The lowest BCUT2D eigenvalue weighted by atomic mass is 10.0. The van der Waals surface area contributed by atoms with E-state index in [1.54, 1.807) is 0 Å². The van der Waals surface area contributed by atoms with Crippen molar-refractivity contribution in [3.05, 3.63) is 66.0 Å². The molecule has 25 heavy (non-hydrogen) atoms. The lowest BCUT2D eigenvalue weighted by Crippen LogP contribution is -2.41. The number of benzene rings is 2. The minimum Gasteiger partial charge on any atom is -0.354 e. The molecule has 0 spiro atoms. The van der Waals surface area contributed by atoms with E-state index >= 15 is 0 Å². The van der Waals surface area contributed by atoms with E-state index < -0.39 is 28.3 Å². The monoisotopic (exact) mass is 364 g/mol. The molecule has 0 saturated heterocycles. The fourth-order valence-corrected chi connectivity index (χ4v) is 3.23. The molecule has 0 bridgehead atoms. The topological polar surface area (TPSA) is 66.5 Å². The Balaban J connectivity index is 2.03. The summed E-state index contributed by atoms with van der Waals surface area (Å²) in [5.41, 5.74) is 1.20. The molecule has 0 aromatic heterocycles. The van der Waals surface area contributed by atoms with Crippen LogP contribution in [0.5, 0.6) is 0 Å². The highest BCUT2D eigenvalue weighted by Crippen LogP contribution is 2.18. The van der Waals surface area contributed by atoms with E-state index in [0.29, 0.717) is 6.54 Å². The standard InChI is InChI=1S/C18H21FN2O3S/c1-14(15-7-4-3-5-8-15)12-20-18(22)13-21(25(2,23)24)17-10-6-9-16(19)11-17/h3-11,14H,12-13H2,1-2H3,(H,20,22)/t14-/m0/s1. The van der Waals surface area contributed by atoms with E-state index in [2.05, 4.69) is 5.32 Å². The minimum atomic E-state index is -3.71. The fraction of sp³-hybridized carbons (Fsp3) is 0.278. The predicted molar refractivity (Wildman–Crippen MR) is 96.5 cm³/mol. The Hall–Kier alpha value is -2.41. The first-order valence-corrected chi connectivity index (χ1v) is 9.67. The molecular formula is C18H21FN2O3S. The van der Waals surface area contributed by atoms with Gasteiger partial charge in [0.1, 0.15) is 12.4 Å². The van der Waals surface area contributed by atoms with Crippen molar-refractivity contribution in [1.82, 2.24) is 5.32 Å². The summed E-state index contributed by atoms with van der Waals surface area (Å²) in [5.74, 6) is -0.923. The molecule has 2 aromatic carbocycles. The highest BCUT2D eigenvalue weighted by Gasteiger charge is 2.21. The van der Waals surface area contributed by atoms with E-state index in [1.807, 2.05) is 37.3 Å². The lowest BCUT2D eigenvalue weighted by molar-refractivity contribution is -0.119. The number of rotatable bonds is 7. The molecule has 0 radical (unpaired) electrons. The first-order chi connectivity index (χ1) is 11.8. The van der Waals surface area contributed by atoms with Gasteiger partial charge in [0, 0.05) is 6.54 Å². The van der Waals surface area contributed by atoms with Crippen molar-refractivity contribution in [2.45, 2.75) is 12.8 Å². The predicted octanol–water partition coefficient (Wildman–Crippen LogP) is 2.51. The van der Waals surface area contributed by atoms with Crippen LogP contribution in [-0.4, -0.2) is 33.7 Å². The van der Waals surface area contributed by atoms with Crippen LogP contribution in [0, 0.1) is 5.82 Å². The second kappa shape index (κ2) is 8.11. The van der Waals surface area contributed by atoms with Gasteiger partial charge in [0.15, 0.2) is 0 Å². The van der Waals surface area contributed by atoms with Crippen molar-refractivity contribution < 1.29 is 17.6 Å². The maximum atomic E-state index is 13.4. The number of halogens is 1. The number of anilines is 1. The van der Waals surface area contributed by atoms with Crippen molar-refractivity contribution in [2.75, 3.05) is 23.7 Å². The summed E-state index contributed by atoms with van der Waals surface area (Å²) >= 11 is 0. The quantitative estimate of drug-likeness (QED) is 0.821. The molecule has 2 rings (SSSR count). The molecular weight excluding hydrogens is 343 g/mol. The maximum absolute atomic E-state index is 13.4. The third kappa shape index (κ3) is 5.56. The van der Waals surface area contributed by atoms with Gasteiger partial charge in [-0.2, -0.15) is 0 Å². The molecule has 0 saturated carbocycles. The van der Waals surface area contributed by atoms with Crippen molar-refractivity contribution in [2.24, 2.45) is 0 Å². The van der Waals surface area contributed by atoms with Gasteiger partial charge in [-0.05, 0) is 29.7 Å². The van der Waals surface area contributed by atoms with Gasteiger partial charge in [-0.25, -0.2) is 12.8 Å². The van der Waals surface area contributed by atoms with Crippen LogP contribution in [0.4, 0.5) is 10.1 Å². The zero-order chi connectivity index (χ0) is 18.4. The molecule has 2 aromatic rings. The smallest absolute Gasteiger partial charge is 0.240 e. The largest absolute Gasteiger partial charge is 0.354 e. The number of hydrogen-bond donors (Lipinski definition) is 1. The van der Waals surface area contributed by atoms with Gasteiger partial charge >= 0.3 is 0 Å². The Morgan fingerprint density at radius 3 is 2.44 bits per heavy atom. The molecule has 0 aliphatic rings. The van der Waals surface area contributed by atoms with E-state index in [1.165, 1.54) is 18.2 Å². The molecule has 0 aliphatic carbocycles. The molecule has 1 amide bonds. The molecule has 0 unspecified atom stereocenters. The molecule has 1 atom stereocenters. The Kier molecular flexibility index (Phi) is 6.14. The maximum Gasteiger partial charge on any atom is 0.240 e. The molecule has 5 nitrogen and oxygen atoms in total. The molecule has 0 fully saturated rings. The number of sulfonamides is 1. The fourth-order valence-electron chi connectivity index (χ4n) is 2.38. The van der Waals surface area contributed by atoms with E-state index in [-0.39, 0.29) is 11.6 Å². The van der Waals surface area contributed by atoms with Crippen LogP contribution in [0.2, 0.25) is 0 Å².